The minimum absolute atomic E-state index is 0.0199. The van der Waals surface area contributed by atoms with E-state index in [4.69, 9.17) is 4.74 Å². The molecule has 1 fully saturated rings. The summed E-state index contributed by atoms with van der Waals surface area (Å²) in [6.45, 7) is 5.83. The van der Waals surface area contributed by atoms with Crippen molar-refractivity contribution in [3.8, 4) is 0 Å². The van der Waals surface area contributed by atoms with E-state index in [1.807, 2.05) is 23.1 Å². The molecule has 2 aromatic rings. The number of rotatable bonds is 4. The molecule has 2 heterocycles. The third-order valence-corrected chi connectivity index (χ3v) is 5.08. The van der Waals surface area contributed by atoms with Gasteiger partial charge in [0.2, 0.25) is 0 Å². The Hall–Kier alpha value is -2.37. The van der Waals surface area contributed by atoms with E-state index in [1.165, 1.54) is 11.1 Å². The minimum atomic E-state index is -0.0199. The van der Waals surface area contributed by atoms with Crippen LogP contribution in [-0.2, 0) is 24.2 Å². The van der Waals surface area contributed by atoms with Gasteiger partial charge in [-0.2, -0.15) is 0 Å². The first kappa shape index (κ1) is 17.1. The van der Waals surface area contributed by atoms with Crippen LogP contribution in [0.4, 0.5) is 10.5 Å². The topological polar surface area (TPSA) is 44.8 Å². The lowest BCUT2D eigenvalue weighted by Crippen LogP contribution is -2.38. The van der Waals surface area contributed by atoms with E-state index < -0.39 is 0 Å². The number of benzene rings is 2. The van der Waals surface area contributed by atoms with Gasteiger partial charge >= 0.3 is 6.03 Å². The zero-order chi connectivity index (χ0) is 17.8. The molecule has 26 heavy (non-hydrogen) atoms. The minimum Gasteiger partial charge on any atom is -0.379 e. The van der Waals surface area contributed by atoms with Crippen LogP contribution >= 0.6 is 0 Å². The highest BCUT2D eigenvalue weighted by Crippen LogP contribution is 2.27. The van der Waals surface area contributed by atoms with Gasteiger partial charge in [-0.05, 0) is 29.2 Å². The van der Waals surface area contributed by atoms with Gasteiger partial charge in [0, 0.05) is 38.4 Å². The first-order valence-electron chi connectivity index (χ1n) is 9.31. The number of nitrogens with one attached hydrogen (secondary N) is 1. The summed E-state index contributed by atoms with van der Waals surface area (Å²) >= 11 is 0. The summed E-state index contributed by atoms with van der Waals surface area (Å²) in [7, 11) is 0. The van der Waals surface area contributed by atoms with Gasteiger partial charge in [0.25, 0.3) is 0 Å². The van der Waals surface area contributed by atoms with E-state index in [-0.39, 0.29) is 6.03 Å². The number of hydrogen-bond donors (Lipinski definition) is 1. The zero-order valence-electron chi connectivity index (χ0n) is 15.0. The van der Waals surface area contributed by atoms with E-state index in [2.05, 4.69) is 40.5 Å². The third-order valence-electron chi connectivity index (χ3n) is 5.08. The van der Waals surface area contributed by atoms with Crippen molar-refractivity contribution in [1.82, 2.24) is 10.2 Å². The second kappa shape index (κ2) is 7.89. The molecule has 0 aliphatic carbocycles. The van der Waals surface area contributed by atoms with E-state index >= 15 is 0 Å². The van der Waals surface area contributed by atoms with Crippen molar-refractivity contribution in [2.75, 3.05) is 37.7 Å². The normalized spacial score (nSPS) is 17.2. The van der Waals surface area contributed by atoms with Crippen LogP contribution in [-0.4, -0.2) is 43.8 Å². The molecule has 1 saturated heterocycles. The Bertz CT molecular complexity index is 771. The Morgan fingerprint density at radius 2 is 1.81 bits per heavy atom. The standard InChI is InChI=1S/C21H25N3O2/c25-21(24-9-8-19-6-1-2-7-20(19)24)22-15-17-4-3-5-18(14-17)16-23-10-12-26-13-11-23/h1-7,14H,8-13,15-16H2,(H,22,25). The maximum Gasteiger partial charge on any atom is 0.322 e. The number of nitrogens with zero attached hydrogens (tertiary/aromatic N) is 2. The smallest absolute Gasteiger partial charge is 0.322 e. The Kier molecular flexibility index (Phi) is 5.18. The quantitative estimate of drug-likeness (QED) is 0.921. The fourth-order valence-corrected chi connectivity index (χ4v) is 3.68. The number of urea groups is 1. The summed E-state index contributed by atoms with van der Waals surface area (Å²) in [6, 6.07) is 16.6. The van der Waals surface area contributed by atoms with Crippen molar-refractivity contribution in [3.63, 3.8) is 0 Å². The lowest BCUT2D eigenvalue weighted by atomic mass is 10.1. The largest absolute Gasteiger partial charge is 0.379 e. The summed E-state index contributed by atoms with van der Waals surface area (Å²) in [6.07, 6.45) is 0.929. The first-order valence-corrected chi connectivity index (χ1v) is 9.31. The molecule has 0 unspecified atom stereocenters. The number of anilines is 1. The molecule has 0 bridgehead atoms. The molecule has 5 nitrogen and oxygen atoms in total. The highest BCUT2D eigenvalue weighted by atomic mass is 16.5. The van der Waals surface area contributed by atoms with E-state index in [0.717, 1.165) is 57.1 Å². The van der Waals surface area contributed by atoms with E-state index in [9.17, 15) is 4.79 Å². The van der Waals surface area contributed by atoms with Crippen molar-refractivity contribution < 1.29 is 9.53 Å². The second-order valence-electron chi connectivity index (χ2n) is 6.90. The van der Waals surface area contributed by atoms with Crippen LogP contribution in [0.3, 0.4) is 0 Å². The number of morpholine rings is 1. The number of amides is 2. The molecule has 0 spiro atoms. The number of fused-ring (bicyclic) bond motifs is 1. The van der Waals surface area contributed by atoms with Gasteiger partial charge in [0.05, 0.1) is 13.2 Å². The molecule has 2 aliphatic heterocycles. The lowest BCUT2D eigenvalue weighted by Gasteiger charge is -2.26. The Labute approximate surface area is 154 Å². The lowest BCUT2D eigenvalue weighted by molar-refractivity contribution is 0.0342. The van der Waals surface area contributed by atoms with Gasteiger partial charge in [-0.15, -0.1) is 0 Å². The summed E-state index contributed by atoms with van der Waals surface area (Å²) in [4.78, 5) is 16.8. The summed E-state index contributed by atoms with van der Waals surface area (Å²) in [5.74, 6) is 0. The number of carbonyl (C=O) groups is 1. The Morgan fingerprint density at radius 3 is 2.69 bits per heavy atom. The van der Waals surface area contributed by atoms with Crippen LogP contribution in [0.5, 0.6) is 0 Å². The van der Waals surface area contributed by atoms with Crippen molar-refractivity contribution in [2.24, 2.45) is 0 Å². The van der Waals surface area contributed by atoms with Gasteiger partial charge in [0.15, 0.2) is 0 Å². The number of hydrogen-bond acceptors (Lipinski definition) is 3. The highest BCUT2D eigenvalue weighted by molar-refractivity contribution is 5.94. The van der Waals surface area contributed by atoms with Crippen LogP contribution < -0.4 is 10.2 Å². The van der Waals surface area contributed by atoms with E-state index in [1.54, 1.807) is 0 Å². The fraction of sp³-hybridized carbons (Fsp3) is 0.381. The van der Waals surface area contributed by atoms with Gasteiger partial charge < -0.3 is 10.1 Å². The van der Waals surface area contributed by atoms with Crippen LogP contribution in [0.2, 0.25) is 0 Å². The zero-order valence-corrected chi connectivity index (χ0v) is 15.0. The monoisotopic (exact) mass is 351 g/mol. The molecule has 1 N–H and O–H groups in total. The van der Waals surface area contributed by atoms with Crippen molar-refractivity contribution in [2.45, 2.75) is 19.5 Å². The molecule has 2 amide bonds. The molecule has 4 rings (SSSR count). The summed E-state index contributed by atoms with van der Waals surface area (Å²) in [5, 5.41) is 3.07. The van der Waals surface area contributed by atoms with Gasteiger partial charge in [-0.3, -0.25) is 9.80 Å². The maximum atomic E-state index is 12.6. The number of para-hydroxylation sites is 1. The molecule has 2 aliphatic rings. The molecular weight excluding hydrogens is 326 g/mol. The summed E-state index contributed by atoms with van der Waals surface area (Å²) < 4.78 is 5.41. The van der Waals surface area contributed by atoms with Crippen molar-refractivity contribution in [1.29, 1.82) is 0 Å². The maximum absolute atomic E-state index is 12.6. The SMILES string of the molecule is O=C(NCc1cccc(CN2CCOCC2)c1)N1CCc2ccccc21. The molecule has 0 atom stereocenters. The van der Waals surface area contributed by atoms with Crippen molar-refractivity contribution in [3.05, 3.63) is 65.2 Å². The predicted octanol–water partition coefficient (Wildman–Crippen LogP) is 2.79. The van der Waals surface area contributed by atoms with E-state index in [0.29, 0.717) is 6.54 Å². The average Bonchev–Trinajstić information content (AvgIpc) is 3.11. The van der Waals surface area contributed by atoms with Crippen LogP contribution in [0.25, 0.3) is 0 Å². The van der Waals surface area contributed by atoms with Gasteiger partial charge in [-0.1, -0.05) is 42.5 Å². The Morgan fingerprint density at radius 1 is 1.00 bits per heavy atom. The van der Waals surface area contributed by atoms with Crippen LogP contribution in [0.15, 0.2) is 48.5 Å². The van der Waals surface area contributed by atoms with Crippen LogP contribution in [0, 0.1) is 0 Å². The molecule has 0 radical (unpaired) electrons. The predicted molar refractivity (Wildman–Crippen MR) is 102 cm³/mol. The molecule has 0 saturated carbocycles. The second-order valence-corrected chi connectivity index (χ2v) is 6.90. The number of carbonyl (C=O) groups excluding carboxylic acids is 1. The van der Waals surface area contributed by atoms with Gasteiger partial charge in [0.1, 0.15) is 0 Å². The Balaban J connectivity index is 1.34. The average molecular weight is 351 g/mol. The van der Waals surface area contributed by atoms with Crippen molar-refractivity contribution >= 4 is 11.7 Å². The summed E-state index contributed by atoms with van der Waals surface area (Å²) in [5.41, 5.74) is 4.70. The van der Waals surface area contributed by atoms with Crippen LogP contribution in [0.1, 0.15) is 16.7 Å². The number of ether oxygens (including phenoxy) is 1. The highest BCUT2D eigenvalue weighted by Gasteiger charge is 2.23. The van der Waals surface area contributed by atoms with Gasteiger partial charge in [-0.25, -0.2) is 4.79 Å². The molecule has 5 heteroatoms. The molecule has 136 valence electrons. The molecule has 2 aromatic carbocycles. The fourth-order valence-electron chi connectivity index (χ4n) is 3.68. The third kappa shape index (κ3) is 3.89. The first-order chi connectivity index (χ1) is 12.8. The molecular formula is C21H25N3O2. The molecule has 0 aromatic heterocycles.